The zero-order valence-electron chi connectivity index (χ0n) is 16.0. The molecule has 27 heavy (non-hydrogen) atoms. The fraction of sp³-hybridized carbons (Fsp3) is 0.381. The monoisotopic (exact) mass is 364 g/mol. The van der Waals surface area contributed by atoms with Crippen LogP contribution in [0.3, 0.4) is 0 Å². The average molecular weight is 364 g/mol. The molecule has 0 fully saturated rings. The van der Waals surface area contributed by atoms with E-state index >= 15 is 0 Å². The quantitative estimate of drug-likeness (QED) is 0.721. The molecule has 6 heteroatoms. The summed E-state index contributed by atoms with van der Waals surface area (Å²) in [4.78, 5) is 17.6. The van der Waals surface area contributed by atoms with Crippen LogP contribution in [0.5, 0.6) is 5.75 Å². The highest BCUT2D eigenvalue weighted by Gasteiger charge is 2.31. The normalized spacial score (nSPS) is 14.5. The van der Waals surface area contributed by atoms with Gasteiger partial charge in [-0.25, -0.2) is 0 Å². The Kier molecular flexibility index (Phi) is 4.44. The summed E-state index contributed by atoms with van der Waals surface area (Å²) in [5.74, 6) is 0.671. The Labute approximate surface area is 158 Å². The first kappa shape index (κ1) is 17.7. The SMILES string of the molecule is Cn1nc(C(C)(C)CC(=O)c2ccnc3c2OCCNC3)c2ccccc21. The van der Waals surface area contributed by atoms with Gasteiger partial charge in [0, 0.05) is 43.6 Å². The smallest absolute Gasteiger partial charge is 0.167 e. The van der Waals surface area contributed by atoms with Gasteiger partial charge < -0.3 is 10.1 Å². The summed E-state index contributed by atoms with van der Waals surface area (Å²) in [5, 5.41) is 9.07. The highest BCUT2D eigenvalue weighted by Crippen LogP contribution is 2.34. The van der Waals surface area contributed by atoms with Crippen LogP contribution in [-0.2, 0) is 19.0 Å². The third-order valence-electron chi connectivity index (χ3n) is 5.10. The molecule has 0 radical (unpaired) electrons. The van der Waals surface area contributed by atoms with Crippen LogP contribution < -0.4 is 10.1 Å². The number of ketones is 1. The maximum Gasteiger partial charge on any atom is 0.167 e. The lowest BCUT2D eigenvalue weighted by Gasteiger charge is -2.23. The minimum absolute atomic E-state index is 0.0512. The van der Waals surface area contributed by atoms with Crippen LogP contribution in [0.2, 0.25) is 0 Å². The van der Waals surface area contributed by atoms with Crippen molar-refractivity contribution in [3.63, 3.8) is 0 Å². The molecule has 0 amide bonds. The molecule has 4 rings (SSSR count). The van der Waals surface area contributed by atoms with Gasteiger partial charge in [0.05, 0.1) is 22.5 Å². The molecular formula is C21H24N4O2. The van der Waals surface area contributed by atoms with Crippen LogP contribution >= 0.6 is 0 Å². The number of hydrogen-bond donors (Lipinski definition) is 1. The van der Waals surface area contributed by atoms with Crippen LogP contribution in [0.4, 0.5) is 0 Å². The molecule has 0 unspecified atom stereocenters. The molecule has 0 saturated heterocycles. The number of hydrogen-bond acceptors (Lipinski definition) is 5. The lowest BCUT2D eigenvalue weighted by Crippen LogP contribution is -2.23. The molecule has 1 aliphatic heterocycles. The topological polar surface area (TPSA) is 69.0 Å². The summed E-state index contributed by atoms with van der Waals surface area (Å²) in [5.41, 5.74) is 3.00. The summed E-state index contributed by atoms with van der Waals surface area (Å²) in [7, 11) is 1.94. The Morgan fingerprint density at radius 2 is 2.11 bits per heavy atom. The lowest BCUT2D eigenvalue weighted by molar-refractivity contribution is 0.0953. The van der Waals surface area contributed by atoms with Crippen molar-refractivity contribution in [2.75, 3.05) is 13.2 Å². The standard InChI is InChI=1S/C21H24N4O2/c1-21(2,20-14-6-4-5-7-17(14)25(3)24-20)12-18(26)15-8-9-23-16-13-22-10-11-27-19(15)16/h4-9,22H,10-13H2,1-3H3. The van der Waals surface area contributed by atoms with Crippen molar-refractivity contribution in [3.8, 4) is 5.75 Å². The highest BCUT2D eigenvalue weighted by atomic mass is 16.5. The molecule has 1 aromatic carbocycles. The fourth-order valence-corrected chi connectivity index (χ4v) is 3.72. The summed E-state index contributed by atoms with van der Waals surface area (Å²) < 4.78 is 7.71. The lowest BCUT2D eigenvalue weighted by atomic mass is 9.81. The Morgan fingerprint density at radius 3 is 2.96 bits per heavy atom. The zero-order valence-corrected chi connectivity index (χ0v) is 16.0. The molecule has 6 nitrogen and oxygen atoms in total. The van der Waals surface area contributed by atoms with Crippen LogP contribution in [0, 0.1) is 0 Å². The summed E-state index contributed by atoms with van der Waals surface area (Å²) in [6, 6.07) is 9.89. The predicted molar refractivity (Wildman–Crippen MR) is 104 cm³/mol. The van der Waals surface area contributed by atoms with Gasteiger partial charge in [-0.3, -0.25) is 14.5 Å². The zero-order chi connectivity index (χ0) is 19.0. The molecule has 2 aromatic heterocycles. The van der Waals surface area contributed by atoms with E-state index in [9.17, 15) is 4.79 Å². The molecular weight excluding hydrogens is 340 g/mol. The Balaban J connectivity index is 1.68. The Bertz CT molecular complexity index is 1010. The number of benzene rings is 1. The minimum Gasteiger partial charge on any atom is -0.490 e. The molecule has 1 N–H and O–H groups in total. The van der Waals surface area contributed by atoms with E-state index < -0.39 is 5.41 Å². The van der Waals surface area contributed by atoms with Gasteiger partial charge in [0.1, 0.15) is 6.61 Å². The van der Waals surface area contributed by atoms with Crippen LogP contribution in [0.25, 0.3) is 10.9 Å². The maximum atomic E-state index is 13.2. The van der Waals surface area contributed by atoms with Crippen molar-refractivity contribution in [2.24, 2.45) is 7.05 Å². The molecule has 0 aliphatic carbocycles. The van der Waals surface area contributed by atoms with Crippen molar-refractivity contribution in [3.05, 3.63) is 53.5 Å². The second kappa shape index (κ2) is 6.78. The maximum absolute atomic E-state index is 13.2. The van der Waals surface area contributed by atoms with Gasteiger partial charge in [0.2, 0.25) is 0 Å². The minimum atomic E-state index is -0.406. The number of pyridine rings is 1. The van der Waals surface area contributed by atoms with Gasteiger partial charge in [-0.2, -0.15) is 5.10 Å². The second-order valence-corrected chi connectivity index (χ2v) is 7.63. The first-order valence-electron chi connectivity index (χ1n) is 9.24. The van der Waals surface area contributed by atoms with Gasteiger partial charge in [-0.15, -0.1) is 0 Å². The molecule has 0 bridgehead atoms. The molecule has 0 spiro atoms. The van der Waals surface area contributed by atoms with Gasteiger partial charge in [0.25, 0.3) is 0 Å². The molecule has 0 saturated carbocycles. The molecule has 1 aliphatic rings. The molecule has 0 atom stereocenters. The molecule has 140 valence electrons. The number of nitrogens with zero attached hydrogens (tertiary/aromatic N) is 3. The van der Waals surface area contributed by atoms with E-state index in [1.165, 1.54) is 0 Å². The van der Waals surface area contributed by atoms with Crippen molar-refractivity contribution in [1.82, 2.24) is 20.1 Å². The van der Waals surface area contributed by atoms with Crippen molar-refractivity contribution in [1.29, 1.82) is 0 Å². The molecule has 3 aromatic rings. The Hall–Kier alpha value is -2.73. The number of nitrogens with one attached hydrogen (secondary N) is 1. The number of rotatable bonds is 4. The second-order valence-electron chi connectivity index (χ2n) is 7.63. The van der Waals surface area contributed by atoms with E-state index in [0.717, 1.165) is 28.8 Å². The van der Waals surface area contributed by atoms with Crippen molar-refractivity contribution >= 4 is 16.7 Å². The Morgan fingerprint density at radius 1 is 1.30 bits per heavy atom. The fourth-order valence-electron chi connectivity index (χ4n) is 3.72. The largest absolute Gasteiger partial charge is 0.490 e. The number of ether oxygens (including phenoxy) is 1. The van der Waals surface area contributed by atoms with Crippen LogP contribution in [0.15, 0.2) is 36.5 Å². The number of aromatic nitrogens is 3. The number of carbonyl (C=O) groups is 1. The summed E-state index contributed by atoms with van der Waals surface area (Å²) in [6.45, 7) is 6.04. The summed E-state index contributed by atoms with van der Waals surface area (Å²) >= 11 is 0. The van der Waals surface area contributed by atoms with Crippen molar-refractivity contribution in [2.45, 2.75) is 32.2 Å². The number of carbonyl (C=O) groups excluding carboxylic acids is 1. The first-order chi connectivity index (χ1) is 13.0. The van der Waals surface area contributed by atoms with E-state index in [4.69, 9.17) is 9.84 Å². The van der Waals surface area contributed by atoms with Crippen molar-refractivity contribution < 1.29 is 9.53 Å². The van der Waals surface area contributed by atoms with E-state index in [2.05, 4.69) is 30.2 Å². The van der Waals surface area contributed by atoms with Gasteiger partial charge in [0.15, 0.2) is 11.5 Å². The number of para-hydroxylation sites is 1. The van der Waals surface area contributed by atoms with E-state index in [1.54, 1.807) is 12.3 Å². The van der Waals surface area contributed by atoms with E-state index in [0.29, 0.717) is 30.9 Å². The van der Waals surface area contributed by atoms with E-state index in [1.807, 2.05) is 29.9 Å². The predicted octanol–water partition coefficient (Wildman–Crippen LogP) is 3.00. The first-order valence-corrected chi connectivity index (χ1v) is 9.24. The number of Topliss-reactive ketones (excluding diaryl/α,β-unsaturated/α-hetero) is 1. The number of aryl methyl sites for hydroxylation is 1. The average Bonchev–Trinajstić information content (AvgIpc) is 2.83. The van der Waals surface area contributed by atoms with Gasteiger partial charge in [-0.05, 0) is 12.1 Å². The van der Waals surface area contributed by atoms with Crippen LogP contribution in [-0.4, -0.2) is 33.7 Å². The number of fused-ring (bicyclic) bond motifs is 2. The van der Waals surface area contributed by atoms with E-state index in [-0.39, 0.29) is 5.78 Å². The third-order valence-corrected chi connectivity index (χ3v) is 5.10. The van der Waals surface area contributed by atoms with Gasteiger partial charge >= 0.3 is 0 Å². The summed E-state index contributed by atoms with van der Waals surface area (Å²) in [6.07, 6.45) is 2.03. The van der Waals surface area contributed by atoms with Gasteiger partial charge in [-0.1, -0.05) is 32.0 Å². The third kappa shape index (κ3) is 3.21. The highest BCUT2D eigenvalue weighted by molar-refractivity contribution is 6.00. The molecule has 3 heterocycles. The van der Waals surface area contributed by atoms with Crippen LogP contribution in [0.1, 0.15) is 42.0 Å².